The van der Waals surface area contributed by atoms with Crippen LogP contribution in [0.15, 0.2) is 53.1 Å². The van der Waals surface area contributed by atoms with Crippen molar-refractivity contribution >= 4 is 5.91 Å². The van der Waals surface area contributed by atoms with Crippen LogP contribution in [0.25, 0.3) is 22.8 Å². The van der Waals surface area contributed by atoms with Gasteiger partial charge < -0.3 is 9.42 Å². The fraction of sp³-hybridized carbons (Fsp3) is 0.348. The normalized spacial score (nSPS) is 14.5. The molecular formula is C23H25N3O2. The molecular weight excluding hydrogens is 350 g/mol. The van der Waals surface area contributed by atoms with Crippen molar-refractivity contribution in [3.63, 3.8) is 0 Å². The smallest absolute Gasteiger partial charge is 0.259 e. The number of rotatable bonds is 3. The number of hydrogen-bond acceptors (Lipinski definition) is 4. The van der Waals surface area contributed by atoms with Crippen molar-refractivity contribution in [2.45, 2.75) is 39.0 Å². The average Bonchev–Trinajstić information content (AvgIpc) is 3.39. The molecule has 3 aromatic rings. The van der Waals surface area contributed by atoms with Gasteiger partial charge in [-0.2, -0.15) is 4.98 Å². The topological polar surface area (TPSA) is 59.2 Å². The van der Waals surface area contributed by atoms with Crippen molar-refractivity contribution in [1.29, 1.82) is 0 Å². The highest BCUT2D eigenvalue weighted by molar-refractivity contribution is 6.00. The summed E-state index contributed by atoms with van der Waals surface area (Å²) in [7, 11) is 0. The summed E-state index contributed by atoms with van der Waals surface area (Å²) in [6, 6.07) is 15.7. The highest BCUT2D eigenvalue weighted by Gasteiger charge is 2.24. The standard InChI is InChI=1S/C23H25N3O2/c1-23(2,3)17-12-10-16(11-13-17)20-24-21(28-25-20)18-8-4-5-9-19(18)22(27)26-14-6-7-15-26/h4-5,8-13H,6-7,14-15H2,1-3H3. The third kappa shape index (κ3) is 3.57. The molecule has 4 rings (SSSR count). The van der Waals surface area contributed by atoms with Gasteiger partial charge in [-0.1, -0.05) is 62.3 Å². The largest absolute Gasteiger partial charge is 0.339 e. The first-order valence-corrected chi connectivity index (χ1v) is 9.77. The number of aromatic nitrogens is 2. The lowest BCUT2D eigenvalue weighted by atomic mass is 9.87. The van der Waals surface area contributed by atoms with Gasteiger partial charge in [-0.25, -0.2) is 0 Å². The van der Waals surface area contributed by atoms with Gasteiger partial charge in [0.05, 0.1) is 11.1 Å². The van der Waals surface area contributed by atoms with Crippen LogP contribution < -0.4 is 0 Å². The minimum Gasteiger partial charge on any atom is -0.339 e. The molecule has 144 valence electrons. The summed E-state index contributed by atoms with van der Waals surface area (Å²) in [4.78, 5) is 19.3. The Morgan fingerprint density at radius 2 is 1.68 bits per heavy atom. The van der Waals surface area contributed by atoms with E-state index < -0.39 is 0 Å². The molecule has 0 bridgehead atoms. The van der Waals surface area contributed by atoms with Crippen LogP contribution in [0.5, 0.6) is 0 Å². The second-order valence-corrected chi connectivity index (χ2v) is 8.30. The van der Waals surface area contributed by atoms with Crippen molar-refractivity contribution in [3.8, 4) is 22.8 Å². The SMILES string of the molecule is CC(C)(C)c1ccc(-c2noc(-c3ccccc3C(=O)N3CCCC3)n2)cc1. The molecule has 0 unspecified atom stereocenters. The van der Waals surface area contributed by atoms with E-state index in [1.165, 1.54) is 5.56 Å². The zero-order chi connectivity index (χ0) is 19.7. The van der Waals surface area contributed by atoms with Crippen molar-refractivity contribution in [2.75, 3.05) is 13.1 Å². The molecule has 28 heavy (non-hydrogen) atoms. The molecule has 1 amide bonds. The molecule has 0 radical (unpaired) electrons. The van der Waals surface area contributed by atoms with Crippen molar-refractivity contribution in [2.24, 2.45) is 0 Å². The molecule has 5 heteroatoms. The first-order valence-electron chi connectivity index (χ1n) is 9.77. The number of nitrogens with zero attached hydrogens (tertiary/aromatic N) is 3. The lowest BCUT2D eigenvalue weighted by Gasteiger charge is -2.18. The average molecular weight is 375 g/mol. The molecule has 2 heterocycles. The number of benzene rings is 2. The molecule has 5 nitrogen and oxygen atoms in total. The molecule has 0 N–H and O–H groups in total. The van der Waals surface area contributed by atoms with Crippen LogP contribution in [0.1, 0.15) is 49.5 Å². The van der Waals surface area contributed by atoms with E-state index >= 15 is 0 Å². The fourth-order valence-corrected chi connectivity index (χ4v) is 3.52. The minimum atomic E-state index is 0.0300. The Kier molecular flexibility index (Phi) is 4.75. The Bertz CT molecular complexity index is 978. The number of amides is 1. The lowest BCUT2D eigenvalue weighted by Crippen LogP contribution is -2.28. The molecule has 0 saturated carbocycles. The molecule has 1 fully saturated rings. The fourth-order valence-electron chi connectivity index (χ4n) is 3.52. The first-order chi connectivity index (χ1) is 13.4. The van der Waals surface area contributed by atoms with Crippen LogP contribution >= 0.6 is 0 Å². The van der Waals surface area contributed by atoms with Crippen LogP contribution in [0.2, 0.25) is 0 Å². The number of hydrogen-bond donors (Lipinski definition) is 0. The van der Waals surface area contributed by atoms with Gasteiger partial charge in [-0.15, -0.1) is 0 Å². The van der Waals surface area contributed by atoms with E-state index in [9.17, 15) is 4.79 Å². The molecule has 1 aliphatic heterocycles. The van der Waals surface area contributed by atoms with Gasteiger partial charge in [-0.05, 0) is 36.0 Å². The molecule has 2 aromatic carbocycles. The van der Waals surface area contributed by atoms with Crippen molar-refractivity contribution in [3.05, 3.63) is 59.7 Å². The number of carbonyl (C=O) groups is 1. The molecule has 1 aliphatic rings. The Morgan fingerprint density at radius 3 is 2.36 bits per heavy atom. The highest BCUT2D eigenvalue weighted by atomic mass is 16.5. The zero-order valence-corrected chi connectivity index (χ0v) is 16.6. The minimum absolute atomic E-state index is 0.0300. The molecule has 0 spiro atoms. The summed E-state index contributed by atoms with van der Waals surface area (Å²) < 4.78 is 5.52. The van der Waals surface area contributed by atoms with Crippen molar-refractivity contribution in [1.82, 2.24) is 15.0 Å². The molecule has 0 aliphatic carbocycles. The number of carbonyl (C=O) groups excluding carboxylic acids is 1. The van der Waals surface area contributed by atoms with Gasteiger partial charge in [0.2, 0.25) is 5.82 Å². The summed E-state index contributed by atoms with van der Waals surface area (Å²) in [5.74, 6) is 0.930. The predicted molar refractivity (Wildman–Crippen MR) is 109 cm³/mol. The summed E-state index contributed by atoms with van der Waals surface area (Å²) >= 11 is 0. The Balaban J connectivity index is 1.64. The highest BCUT2D eigenvalue weighted by Crippen LogP contribution is 2.28. The van der Waals surface area contributed by atoms with Crippen LogP contribution in [0.3, 0.4) is 0 Å². The maximum atomic E-state index is 12.9. The van der Waals surface area contributed by atoms with E-state index in [4.69, 9.17) is 4.52 Å². The third-order valence-corrected chi connectivity index (χ3v) is 5.22. The van der Waals surface area contributed by atoms with Crippen LogP contribution in [0.4, 0.5) is 0 Å². The summed E-state index contributed by atoms with van der Waals surface area (Å²) in [6.45, 7) is 8.17. The van der Waals surface area contributed by atoms with Crippen molar-refractivity contribution < 1.29 is 9.32 Å². The zero-order valence-electron chi connectivity index (χ0n) is 16.6. The van der Waals surface area contributed by atoms with Crippen LogP contribution in [-0.2, 0) is 5.41 Å². The third-order valence-electron chi connectivity index (χ3n) is 5.22. The van der Waals surface area contributed by atoms with E-state index in [2.05, 4.69) is 43.0 Å². The van der Waals surface area contributed by atoms with E-state index in [-0.39, 0.29) is 11.3 Å². The van der Waals surface area contributed by atoms with E-state index in [1.807, 2.05) is 41.3 Å². The van der Waals surface area contributed by atoms with Gasteiger partial charge in [0, 0.05) is 18.7 Å². The Hall–Kier alpha value is -2.95. The van der Waals surface area contributed by atoms with E-state index in [1.54, 1.807) is 0 Å². The van der Waals surface area contributed by atoms with Gasteiger partial charge in [0.25, 0.3) is 11.8 Å². The Labute approximate surface area is 165 Å². The van der Waals surface area contributed by atoms with Crippen LogP contribution in [0, 0.1) is 0 Å². The van der Waals surface area contributed by atoms with Gasteiger partial charge in [0.1, 0.15) is 0 Å². The van der Waals surface area contributed by atoms with Gasteiger partial charge in [-0.3, -0.25) is 4.79 Å². The Morgan fingerprint density at radius 1 is 1.00 bits per heavy atom. The molecule has 1 aromatic heterocycles. The second kappa shape index (κ2) is 7.23. The summed E-state index contributed by atoms with van der Waals surface area (Å²) in [5.41, 5.74) is 3.54. The van der Waals surface area contributed by atoms with Crippen LogP contribution in [-0.4, -0.2) is 34.0 Å². The monoisotopic (exact) mass is 375 g/mol. The van der Waals surface area contributed by atoms with E-state index in [0.717, 1.165) is 31.5 Å². The maximum Gasteiger partial charge on any atom is 0.259 e. The van der Waals surface area contributed by atoms with Gasteiger partial charge >= 0.3 is 0 Å². The van der Waals surface area contributed by atoms with Gasteiger partial charge in [0.15, 0.2) is 0 Å². The second-order valence-electron chi connectivity index (χ2n) is 8.30. The van der Waals surface area contributed by atoms with E-state index in [0.29, 0.717) is 22.8 Å². The summed E-state index contributed by atoms with van der Waals surface area (Å²) in [6.07, 6.45) is 2.12. The molecule has 1 saturated heterocycles. The maximum absolute atomic E-state index is 12.9. The predicted octanol–water partition coefficient (Wildman–Crippen LogP) is 4.94. The quantitative estimate of drug-likeness (QED) is 0.651. The first kappa shape index (κ1) is 18.4. The molecule has 0 atom stereocenters. The lowest BCUT2D eigenvalue weighted by molar-refractivity contribution is 0.0793. The number of likely N-dealkylation sites (tertiary alicyclic amines) is 1. The summed E-state index contributed by atoms with van der Waals surface area (Å²) in [5, 5.41) is 4.14.